The van der Waals surface area contributed by atoms with Gasteiger partial charge in [0.1, 0.15) is 5.75 Å². The maximum atomic E-state index is 11.9. The molecule has 1 unspecified atom stereocenters. The van der Waals surface area contributed by atoms with Gasteiger partial charge >= 0.3 is 0 Å². The van der Waals surface area contributed by atoms with Crippen molar-refractivity contribution in [3.63, 3.8) is 0 Å². The molecule has 1 aromatic carbocycles. The van der Waals surface area contributed by atoms with E-state index in [1.165, 1.54) is 0 Å². The lowest BCUT2D eigenvalue weighted by Crippen LogP contribution is -2.45. The Balaban J connectivity index is 2.45. The second kappa shape index (κ2) is 4.98. The van der Waals surface area contributed by atoms with Crippen LogP contribution in [0, 0.1) is 0 Å². The Bertz CT molecular complexity index is 437. The van der Waals surface area contributed by atoms with Crippen molar-refractivity contribution in [2.75, 3.05) is 24.3 Å². The van der Waals surface area contributed by atoms with Crippen molar-refractivity contribution < 1.29 is 9.53 Å². The largest absolute Gasteiger partial charge is 0.497 e. The number of nitrogens with zero attached hydrogens (tertiary/aromatic N) is 1. The average molecular weight is 252 g/mol. The van der Waals surface area contributed by atoms with Gasteiger partial charge in [-0.1, -0.05) is 0 Å². The van der Waals surface area contributed by atoms with Gasteiger partial charge in [0.2, 0.25) is 5.91 Å². The molecule has 0 aromatic heterocycles. The summed E-state index contributed by atoms with van der Waals surface area (Å²) < 4.78 is 5.20. The first-order chi connectivity index (χ1) is 8.17. The Morgan fingerprint density at radius 1 is 1.65 bits per heavy atom. The molecule has 0 bridgehead atoms. The Kier molecular flexibility index (Phi) is 3.59. The molecular weight excluding hydrogens is 236 g/mol. The van der Waals surface area contributed by atoms with E-state index in [1.807, 2.05) is 25.1 Å². The molecule has 5 heteroatoms. The molecule has 0 fully saturated rings. The zero-order valence-electron chi connectivity index (χ0n) is 9.97. The molecule has 0 saturated heterocycles. The van der Waals surface area contributed by atoms with Crippen molar-refractivity contribution in [2.45, 2.75) is 17.9 Å². The Morgan fingerprint density at radius 3 is 3.06 bits per heavy atom. The topological polar surface area (TPSA) is 55.6 Å². The Labute approximate surface area is 105 Å². The lowest BCUT2D eigenvalue weighted by atomic mass is 10.2. The summed E-state index contributed by atoms with van der Waals surface area (Å²) in [6.07, 6.45) is 0. The fourth-order valence-corrected chi connectivity index (χ4v) is 2.97. The number of rotatable bonds is 2. The number of hydrogen-bond donors (Lipinski definition) is 1. The van der Waals surface area contributed by atoms with Crippen molar-refractivity contribution in [1.29, 1.82) is 0 Å². The lowest BCUT2D eigenvalue weighted by Gasteiger charge is -2.34. The van der Waals surface area contributed by atoms with Gasteiger partial charge in [0.05, 0.1) is 19.3 Å². The van der Waals surface area contributed by atoms with Crippen LogP contribution in [0.1, 0.15) is 6.92 Å². The number of carbonyl (C=O) groups excluding carboxylic acids is 1. The van der Waals surface area contributed by atoms with Gasteiger partial charge in [-0.15, -0.1) is 11.8 Å². The third-order valence-corrected chi connectivity index (χ3v) is 4.10. The summed E-state index contributed by atoms with van der Waals surface area (Å²) in [6.45, 7) is 2.06. The van der Waals surface area contributed by atoms with E-state index in [-0.39, 0.29) is 18.5 Å². The number of hydrogen-bond acceptors (Lipinski definition) is 4. The van der Waals surface area contributed by atoms with Crippen LogP contribution < -0.4 is 15.4 Å². The molecule has 0 aliphatic carbocycles. The normalized spacial score (nSPS) is 18.8. The van der Waals surface area contributed by atoms with E-state index < -0.39 is 0 Å². The number of ether oxygens (including phenoxy) is 1. The van der Waals surface area contributed by atoms with Crippen molar-refractivity contribution >= 4 is 23.4 Å². The van der Waals surface area contributed by atoms with E-state index >= 15 is 0 Å². The summed E-state index contributed by atoms with van der Waals surface area (Å²) >= 11 is 1.76. The molecule has 92 valence electrons. The van der Waals surface area contributed by atoms with Gasteiger partial charge in [0.25, 0.3) is 0 Å². The van der Waals surface area contributed by atoms with Gasteiger partial charge < -0.3 is 15.4 Å². The molecule has 0 saturated carbocycles. The third kappa shape index (κ3) is 2.25. The first-order valence-electron chi connectivity index (χ1n) is 5.50. The summed E-state index contributed by atoms with van der Waals surface area (Å²) in [4.78, 5) is 14.8. The van der Waals surface area contributed by atoms with Crippen molar-refractivity contribution in [3.8, 4) is 5.75 Å². The van der Waals surface area contributed by atoms with E-state index in [2.05, 4.69) is 0 Å². The third-order valence-electron chi connectivity index (χ3n) is 2.79. The quantitative estimate of drug-likeness (QED) is 0.866. The minimum Gasteiger partial charge on any atom is -0.497 e. The molecule has 1 aromatic rings. The number of thioether (sulfide) groups is 1. The maximum Gasteiger partial charge on any atom is 0.241 e. The van der Waals surface area contributed by atoms with Gasteiger partial charge in [-0.3, -0.25) is 4.79 Å². The van der Waals surface area contributed by atoms with Crippen LogP contribution in [-0.2, 0) is 4.79 Å². The van der Waals surface area contributed by atoms with Crippen molar-refractivity contribution in [3.05, 3.63) is 18.2 Å². The monoisotopic (exact) mass is 252 g/mol. The molecule has 1 heterocycles. The molecule has 4 nitrogen and oxygen atoms in total. The SMILES string of the molecule is COc1ccc2c(c1)N(C(=O)CN)C(C)CS2. The number of nitrogens with two attached hydrogens (primary N) is 1. The number of anilines is 1. The molecule has 1 aliphatic rings. The number of benzene rings is 1. The zero-order valence-corrected chi connectivity index (χ0v) is 10.8. The van der Waals surface area contributed by atoms with E-state index in [0.717, 1.165) is 22.1 Å². The van der Waals surface area contributed by atoms with Gasteiger partial charge in [-0.2, -0.15) is 0 Å². The number of methoxy groups -OCH3 is 1. The molecule has 2 N–H and O–H groups in total. The van der Waals surface area contributed by atoms with Crippen LogP contribution in [0.4, 0.5) is 5.69 Å². The van der Waals surface area contributed by atoms with Gasteiger partial charge in [-0.25, -0.2) is 0 Å². The highest BCUT2D eigenvalue weighted by Crippen LogP contribution is 2.39. The first kappa shape index (κ1) is 12.3. The van der Waals surface area contributed by atoms with E-state index in [4.69, 9.17) is 10.5 Å². The summed E-state index contributed by atoms with van der Waals surface area (Å²) in [5, 5.41) is 0. The maximum absolute atomic E-state index is 11.9. The highest BCUT2D eigenvalue weighted by molar-refractivity contribution is 7.99. The fraction of sp³-hybridized carbons (Fsp3) is 0.417. The molecule has 0 spiro atoms. The molecule has 1 aliphatic heterocycles. The first-order valence-corrected chi connectivity index (χ1v) is 6.49. The van der Waals surface area contributed by atoms with E-state index in [0.29, 0.717) is 0 Å². The predicted octanol–water partition coefficient (Wildman–Crippen LogP) is 1.48. The molecule has 2 rings (SSSR count). The van der Waals surface area contributed by atoms with E-state index in [1.54, 1.807) is 23.8 Å². The summed E-state index contributed by atoms with van der Waals surface area (Å²) in [6, 6.07) is 5.95. The zero-order chi connectivity index (χ0) is 12.4. The number of fused-ring (bicyclic) bond motifs is 1. The van der Waals surface area contributed by atoms with Gasteiger partial charge in [0, 0.05) is 22.8 Å². The highest BCUT2D eigenvalue weighted by atomic mass is 32.2. The Hall–Kier alpha value is -1.20. The van der Waals surface area contributed by atoms with Crippen LogP contribution in [-0.4, -0.2) is 31.4 Å². The molecule has 17 heavy (non-hydrogen) atoms. The summed E-state index contributed by atoms with van der Waals surface area (Å²) in [7, 11) is 1.62. The standard InChI is InChI=1S/C12H16N2O2S/c1-8-7-17-11-4-3-9(16-2)5-10(11)14(8)12(15)6-13/h3-5,8H,6-7,13H2,1-2H3. The number of carbonyl (C=O) groups is 1. The van der Waals surface area contributed by atoms with Gasteiger partial charge in [0.15, 0.2) is 0 Å². The Morgan fingerprint density at radius 2 is 2.41 bits per heavy atom. The number of amides is 1. The van der Waals surface area contributed by atoms with Crippen molar-refractivity contribution in [2.24, 2.45) is 5.73 Å². The fourth-order valence-electron chi connectivity index (χ4n) is 1.94. The van der Waals surface area contributed by atoms with Crippen LogP contribution in [0.15, 0.2) is 23.1 Å². The molecule has 1 amide bonds. The van der Waals surface area contributed by atoms with Crippen LogP contribution in [0.5, 0.6) is 5.75 Å². The summed E-state index contributed by atoms with van der Waals surface area (Å²) in [5.41, 5.74) is 6.37. The highest BCUT2D eigenvalue weighted by Gasteiger charge is 2.28. The minimum absolute atomic E-state index is 0.0334. The predicted molar refractivity (Wildman–Crippen MR) is 69.7 cm³/mol. The van der Waals surface area contributed by atoms with E-state index in [9.17, 15) is 4.79 Å². The van der Waals surface area contributed by atoms with Gasteiger partial charge in [-0.05, 0) is 19.1 Å². The minimum atomic E-state index is -0.0488. The van der Waals surface area contributed by atoms with Crippen LogP contribution >= 0.6 is 11.8 Å². The smallest absolute Gasteiger partial charge is 0.241 e. The molecule has 1 atom stereocenters. The van der Waals surface area contributed by atoms with Crippen LogP contribution in [0.2, 0.25) is 0 Å². The second-order valence-corrected chi connectivity index (χ2v) is 5.02. The molecule has 0 radical (unpaired) electrons. The second-order valence-electron chi connectivity index (χ2n) is 3.96. The molecular formula is C12H16N2O2S. The van der Waals surface area contributed by atoms with Crippen molar-refractivity contribution in [1.82, 2.24) is 0 Å². The average Bonchev–Trinajstić information content (AvgIpc) is 2.37. The van der Waals surface area contributed by atoms with Crippen LogP contribution in [0.25, 0.3) is 0 Å². The van der Waals surface area contributed by atoms with Crippen LogP contribution in [0.3, 0.4) is 0 Å². The lowest BCUT2D eigenvalue weighted by molar-refractivity contribution is -0.117. The summed E-state index contributed by atoms with van der Waals surface area (Å²) in [5.74, 6) is 1.60.